The van der Waals surface area contributed by atoms with Crippen LogP contribution in [0.3, 0.4) is 0 Å². The van der Waals surface area contributed by atoms with E-state index in [0.29, 0.717) is 5.56 Å². The highest BCUT2D eigenvalue weighted by molar-refractivity contribution is 7.25. The number of hydrogen-bond acceptors (Lipinski definition) is 2. The van der Waals surface area contributed by atoms with Crippen LogP contribution >= 0.6 is 11.3 Å². The smallest absolute Gasteiger partial charge is 0.0991 e. The van der Waals surface area contributed by atoms with Crippen molar-refractivity contribution in [3.05, 3.63) is 114 Å². The second kappa shape index (κ2) is 7.56. The van der Waals surface area contributed by atoms with Gasteiger partial charge >= 0.3 is 0 Å². The largest absolute Gasteiger partial charge is 0.308 e. The van der Waals surface area contributed by atoms with Gasteiger partial charge in [-0.3, -0.25) is 0 Å². The molecule has 0 unspecified atom stereocenters. The summed E-state index contributed by atoms with van der Waals surface area (Å²) >= 11 is 1.78. The summed E-state index contributed by atoms with van der Waals surface area (Å²) in [6.07, 6.45) is 0. The fourth-order valence-corrected chi connectivity index (χ4v) is 6.43. The number of nitriles is 1. The van der Waals surface area contributed by atoms with Gasteiger partial charge in [0.25, 0.3) is 0 Å². The number of nitrogens with zero attached hydrogens (tertiary/aromatic N) is 2. The summed E-state index contributed by atoms with van der Waals surface area (Å²) in [5.41, 5.74) is 7.95. The van der Waals surface area contributed by atoms with Crippen molar-refractivity contribution in [1.82, 2.24) is 4.57 Å². The van der Waals surface area contributed by atoms with Crippen LogP contribution < -0.4 is 0 Å². The number of rotatable bonds is 2. The zero-order chi connectivity index (χ0) is 23.5. The molecule has 0 saturated heterocycles. The molecule has 164 valence electrons. The maximum Gasteiger partial charge on any atom is 0.0991 e. The summed E-state index contributed by atoms with van der Waals surface area (Å²) < 4.78 is 4.87. The minimum Gasteiger partial charge on any atom is -0.308 e. The molecule has 7 aromatic rings. The molecular weight excluding hydrogens is 444 g/mol. The van der Waals surface area contributed by atoms with Crippen LogP contribution in [0.2, 0.25) is 0 Å². The Hall–Kier alpha value is -4.39. The first kappa shape index (κ1) is 20.0. The third kappa shape index (κ3) is 2.94. The van der Waals surface area contributed by atoms with Crippen LogP contribution in [0.15, 0.2) is 103 Å². The Morgan fingerprint density at radius 1 is 0.657 bits per heavy atom. The lowest BCUT2D eigenvalue weighted by molar-refractivity contribution is 1.15. The molecule has 0 radical (unpaired) electrons. The summed E-state index contributed by atoms with van der Waals surface area (Å²) in [6.45, 7) is 2.19. The molecule has 5 aromatic carbocycles. The summed E-state index contributed by atoms with van der Waals surface area (Å²) in [4.78, 5) is 0. The Morgan fingerprint density at radius 2 is 1.31 bits per heavy atom. The van der Waals surface area contributed by atoms with Gasteiger partial charge in [0.1, 0.15) is 0 Å². The summed E-state index contributed by atoms with van der Waals surface area (Å²) in [6, 6.07) is 38.9. The summed E-state index contributed by atoms with van der Waals surface area (Å²) in [5, 5.41) is 14.3. The number of fused-ring (bicyclic) bond motifs is 6. The van der Waals surface area contributed by atoms with Crippen LogP contribution in [-0.4, -0.2) is 4.57 Å². The van der Waals surface area contributed by atoms with E-state index in [1.165, 1.54) is 59.0 Å². The third-order valence-corrected chi connectivity index (χ3v) is 8.10. The van der Waals surface area contributed by atoms with E-state index in [0.717, 1.165) is 5.39 Å². The number of benzene rings is 5. The third-order valence-electron chi connectivity index (χ3n) is 6.95. The molecule has 0 amide bonds. The molecule has 2 aromatic heterocycles. The van der Waals surface area contributed by atoms with Gasteiger partial charge in [0.2, 0.25) is 0 Å². The van der Waals surface area contributed by atoms with Crippen LogP contribution in [0.4, 0.5) is 0 Å². The predicted molar refractivity (Wildman–Crippen MR) is 149 cm³/mol. The average Bonchev–Trinajstić information content (AvgIpc) is 3.43. The molecule has 2 nitrogen and oxygen atoms in total. The Balaban J connectivity index is 1.56. The van der Waals surface area contributed by atoms with Crippen molar-refractivity contribution < 1.29 is 0 Å². The molecule has 3 heteroatoms. The molecule has 0 bridgehead atoms. The van der Waals surface area contributed by atoms with E-state index in [1.54, 1.807) is 11.3 Å². The molecular formula is C32H20N2S. The highest BCUT2D eigenvalue weighted by Gasteiger charge is 2.17. The van der Waals surface area contributed by atoms with Gasteiger partial charge < -0.3 is 4.57 Å². The minimum absolute atomic E-state index is 0.698. The normalized spacial score (nSPS) is 11.5. The lowest BCUT2D eigenvalue weighted by Crippen LogP contribution is -2.00. The number of aromatic nitrogens is 1. The monoisotopic (exact) mass is 464 g/mol. The fourth-order valence-electron chi connectivity index (χ4n) is 5.37. The lowest BCUT2D eigenvalue weighted by Gasteiger charge is -2.17. The molecule has 0 fully saturated rings. The summed E-state index contributed by atoms with van der Waals surface area (Å²) in [5.74, 6) is 0. The van der Waals surface area contributed by atoms with Gasteiger partial charge in [-0.2, -0.15) is 5.26 Å². The quantitative estimate of drug-likeness (QED) is 0.251. The van der Waals surface area contributed by atoms with E-state index in [2.05, 4.69) is 109 Å². The van der Waals surface area contributed by atoms with Crippen LogP contribution in [0.25, 0.3) is 58.8 Å². The molecule has 0 spiro atoms. The molecule has 0 atom stereocenters. The second-order valence-electron chi connectivity index (χ2n) is 8.98. The topological polar surface area (TPSA) is 28.7 Å². The Morgan fingerprint density at radius 3 is 2.03 bits per heavy atom. The van der Waals surface area contributed by atoms with Gasteiger partial charge in [-0.15, -0.1) is 11.3 Å². The molecule has 0 aliphatic rings. The van der Waals surface area contributed by atoms with Crippen molar-refractivity contribution in [1.29, 1.82) is 5.26 Å². The maximum atomic E-state index is 9.44. The van der Waals surface area contributed by atoms with Crippen molar-refractivity contribution in [2.75, 3.05) is 0 Å². The zero-order valence-corrected chi connectivity index (χ0v) is 19.9. The van der Waals surface area contributed by atoms with Crippen LogP contribution in [-0.2, 0) is 0 Å². The number of para-hydroxylation sites is 3. The number of hydrogen-bond donors (Lipinski definition) is 0. The Kier molecular flexibility index (Phi) is 4.33. The zero-order valence-electron chi connectivity index (χ0n) is 19.1. The molecule has 0 aliphatic carbocycles. The lowest BCUT2D eigenvalue weighted by atomic mass is 9.98. The molecule has 0 saturated carbocycles. The van der Waals surface area contributed by atoms with E-state index in [4.69, 9.17) is 0 Å². The Labute approximate surface area is 206 Å². The highest BCUT2D eigenvalue weighted by atomic mass is 32.1. The maximum absolute atomic E-state index is 9.44. The SMILES string of the molecule is Cc1cccc(-c2ccc3sc4ccc(C#N)cc4c3c2)c1-n1c2ccccc2c2ccccc21. The first-order valence-corrected chi connectivity index (χ1v) is 12.5. The van der Waals surface area contributed by atoms with Crippen molar-refractivity contribution >= 4 is 53.3 Å². The standard InChI is InChI=1S/C32H20N2S/c1-20-7-6-10-23(22-14-16-31-27(18-22)26-17-21(19-33)13-15-30(26)35-31)32(20)34-28-11-4-2-8-24(28)25-9-3-5-12-29(25)34/h2-18H,1H3. The first-order chi connectivity index (χ1) is 17.2. The number of thiophene rings is 1. The van der Waals surface area contributed by atoms with Crippen LogP contribution in [0.5, 0.6) is 0 Å². The van der Waals surface area contributed by atoms with Gasteiger partial charge in [-0.05, 0) is 60.5 Å². The predicted octanol–water partition coefficient (Wildman–Crippen LogP) is 9.00. The molecule has 2 heterocycles. The minimum atomic E-state index is 0.698. The number of aryl methyl sites for hydroxylation is 1. The second-order valence-corrected chi connectivity index (χ2v) is 10.1. The fraction of sp³-hybridized carbons (Fsp3) is 0.0312. The highest BCUT2D eigenvalue weighted by Crippen LogP contribution is 2.41. The average molecular weight is 465 g/mol. The van der Waals surface area contributed by atoms with E-state index in [-0.39, 0.29) is 0 Å². The van der Waals surface area contributed by atoms with Crippen molar-refractivity contribution in [3.63, 3.8) is 0 Å². The van der Waals surface area contributed by atoms with E-state index < -0.39 is 0 Å². The van der Waals surface area contributed by atoms with E-state index in [9.17, 15) is 5.26 Å². The van der Waals surface area contributed by atoms with Gasteiger partial charge in [-0.1, -0.05) is 60.7 Å². The van der Waals surface area contributed by atoms with Crippen molar-refractivity contribution in [2.45, 2.75) is 6.92 Å². The van der Waals surface area contributed by atoms with Gasteiger partial charge in [0.15, 0.2) is 0 Å². The van der Waals surface area contributed by atoms with Crippen LogP contribution in [0.1, 0.15) is 11.1 Å². The first-order valence-electron chi connectivity index (χ1n) is 11.7. The van der Waals surface area contributed by atoms with Gasteiger partial charge in [0, 0.05) is 36.5 Å². The van der Waals surface area contributed by atoms with Crippen molar-refractivity contribution in [2.24, 2.45) is 0 Å². The molecule has 0 aliphatic heterocycles. The molecule has 0 N–H and O–H groups in total. The Bertz CT molecular complexity index is 1930. The molecule has 7 rings (SSSR count). The van der Waals surface area contributed by atoms with E-state index >= 15 is 0 Å². The van der Waals surface area contributed by atoms with Crippen LogP contribution in [0, 0.1) is 18.3 Å². The van der Waals surface area contributed by atoms with Gasteiger partial charge in [0.05, 0.1) is 28.4 Å². The van der Waals surface area contributed by atoms with Crippen molar-refractivity contribution in [3.8, 4) is 22.9 Å². The summed E-state index contributed by atoms with van der Waals surface area (Å²) in [7, 11) is 0. The van der Waals surface area contributed by atoms with E-state index in [1.807, 2.05) is 12.1 Å². The van der Waals surface area contributed by atoms with Gasteiger partial charge in [-0.25, -0.2) is 0 Å². The molecule has 35 heavy (non-hydrogen) atoms.